The Labute approximate surface area is 80.5 Å². The molecule has 0 bridgehead atoms. The minimum Gasteiger partial charge on any atom is -0.468 e. The zero-order chi connectivity index (χ0) is 8.81. The Kier molecular flexibility index (Phi) is 5.14. The first-order chi connectivity index (χ1) is 5.88. The lowest BCUT2D eigenvalue weighted by Gasteiger charge is -2.00. The summed E-state index contributed by atoms with van der Waals surface area (Å²) in [5.41, 5.74) is 0. The van der Waals surface area contributed by atoms with Crippen LogP contribution < -0.4 is 0 Å². The lowest BCUT2D eigenvalue weighted by molar-refractivity contribution is 0.373. The van der Waals surface area contributed by atoms with E-state index < -0.39 is 0 Å². The van der Waals surface area contributed by atoms with Crippen LogP contribution in [0.2, 0.25) is 6.04 Å². The average molecular weight is 204 g/mol. The normalized spacial score (nSPS) is 32.8. The number of hydrogen-bond acceptors (Lipinski definition) is 2. The van der Waals surface area contributed by atoms with Crippen LogP contribution in [0.4, 0.5) is 0 Å². The van der Waals surface area contributed by atoms with Crippen molar-refractivity contribution in [3.05, 3.63) is 0 Å². The molecule has 1 heterocycles. The molecule has 2 nitrogen and oxygen atoms in total. The Hall–Kier alpha value is 0.354. The predicted molar refractivity (Wildman–Crippen MR) is 57.2 cm³/mol. The van der Waals surface area contributed by atoms with Gasteiger partial charge in [0, 0.05) is 0 Å². The molecule has 0 aromatic rings. The summed E-state index contributed by atoms with van der Waals surface area (Å²) in [7, 11) is 0.954. The Balaban J connectivity index is 0.000000130. The van der Waals surface area contributed by atoms with Gasteiger partial charge in [-0.05, 0) is 18.9 Å². The lowest BCUT2D eigenvalue weighted by Crippen LogP contribution is -2.00. The number of fused-ring (bicyclic) bond motifs is 1. The highest BCUT2D eigenvalue weighted by Crippen LogP contribution is 2.35. The van der Waals surface area contributed by atoms with E-state index in [1.807, 2.05) is 0 Å². The molecular formula is C8H20O2Si2. The van der Waals surface area contributed by atoms with Gasteiger partial charge in [0.15, 0.2) is 0 Å². The summed E-state index contributed by atoms with van der Waals surface area (Å²) in [5.74, 6) is 0. The molecule has 0 amide bonds. The average Bonchev–Trinajstić information content (AvgIpc) is 2.85. The zero-order valence-electron chi connectivity index (χ0n) is 8.21. The molecular weight excluding hydrogens is 184 g/mol. The minimum absolute atomic E-state index is 0.00617. The molecule has 2 aliphatic rings. The fourth-order valence-electron chi connectivity index (χ4n) is 1.58. The van der Waals surface area contributed by atoms with E-state index in [4.69, 9.17) is 8.85 Å². The van der Waals surface area contributed by atoms with Crippen molar-refractivity contribution in [1.82, 2.24) is 0 Å². The smallest absolute Gasteiger partial charge is 0.145 e. The van der Waals surface area contributed by atoms with Crippen LogP contribution in [0.15, 0.2) is 0 Å². The summed E-state index contributed by atoms with van der Waals surface area (Å²) in [5, 5.41) is 0. The molecule has 2 atom stereocenters. The molecule has 0 N–H and O–H groups in total. The second-order valence-corrected chi connectivity index (χ2v) is 7.21. The van der Waals surface area contributed by atoms with Gasteiger partial charge in [-0.2, -0.15) is 0 Å². The molecule has 1 saturated carbocycles. The van der Waals surface area contributed by atoms with Crippen LogP contribution in [0.3, 0.4) is 0 Å². The first-order valence-corrected chi connectivity index (χ1v) is 7.42. The molecule has 0 spiro atoms. The van der Waals surface area contributed by atoms with E-state index in [-0.39, 0.29) is 9.76 Å². The molecule has 12 heavy (non-hydrogen) atoms. The molecule has 0 aromatic heterocycles. The maximum atomic E-state index is 5.28. The van der Waals surface area contributed by atoms with Gasteiger partial charge in [-0.3, -0.25) is 0 Å². The second-order valence-electron chi connectivity index (χ2n) is 3.49. The summed E-state index contributed by atoms with van der Waals surface area (Å²) in [6.07, 6.45) is 6.89. The Morgan fingerprint density at radius 2 is 2.00 bits per heavy atom. The van der Waals surface area contributed by atoms with Gasteiger partial charge in [-0.25, -0.2) is 0 Å². The lowest BCUT2D eigenvalue weighted by atomic mass is 10.0. The van der Waals surface area contributed by atoms with Crippen molar-refractivity contribution >= 4 is 20.2 Å². The van der Waals surface area contributed by atoms with Gasteiger partial charge in [0.25, 0.3) is 0 Å². The highest BCUT2D eigenvalue weighted by atomic mass is 28.3. The van der Waals surface area contributed by atoms with Gasteiger partial charge in [0.2, 0.25) is 0 Å². The molecule has 4 heteroatoms. The largest absolute Gasteiger partial charge is 0.468 e. The fourth-order valence-corrected chi connectivity index (χ4v) is 3.22. The zero-order valence-corrected chi connectivity index (χ0v) is 11.6. The van der Waals surface area contributed by atoms with E-state index in [0.717, 1.165) is 10.5 Å². The van der Waals surface area contributed by atoms with Crippen LogP contribution in [0.25, 0.3) is 0 Å². The van der Waals surface area contributed by atoms with E-state index in [9.17, 15) is 0 Å². The van der Waals surface area contributed by atoms with Crippen LogP contribution in [-0.4, -0.2) is 32.5 Å². The van der Waals surface area contributed by atoms with Gasteiger partial charge in [-0.15, -0.1) is 0 Å². The Morgan fingerprint density at radius 1 is 1.42 bits per heavy atom. The van der Waals surface area contributed by atoms with Gasteiger partial charge >= 0.3 is 0 Å². The van der Waals surface area contributed by atoms with Crippen molar-refractivity contribution in [2.75, 3.05) is 0 Å². The molecule has 1 saturated heterocycles. The summed E-state index contributed by atoms with van der Waals surface area (Å²) in [4.78, 5) is 0. The molecule has 0 radical (unpaired) electrons. The van der Waals surface area contributed by atoms with Crippen LogP contribution in [0.5, 0.6) is 0 Å². The van der Waals surface area contributed by atoms with E-state index in [0.29, 0.717) is 12.2 Å². The minimum atomic E-state index is -0.00617. The van der Waals surface area contributed by atoms with Crippen molar-refractivity contribution in [3.8, 4) is 0 Å². The third-order valence-corrected chi connectivity index (χ3v) is 4.36. The highest BCUT2D eigenvalue weighted by Gasteiger charge is 2.39. The van der Waals surface area contributed by atoms with Crippen molar-refractivity contribution < 1.29 is 8.85 Å². The van der Waals surface area contributed by atoms with Gasteiger partial charge in [0.05, 0.1) is 12.2 Å². The quantitative estimate of drug-likeness (QED) is 0.471. The van der Waals surface area contributed by atoms with Gasteiger partial charge < -0.3 is 8.85 Å². The van der Waals surface area contributed by atoms with Gasteiger partial charge in [0.1, 0.15) is 20.2 Å². The first kappa shape index (κ1) is 10.4. The highest BCUT2D eigenvalue weighted by molar-refractivity contribution is 6.33. The molecule has 2 unspecified atom stereocenters. The van der Waals surface area contributed by atoms with E-state index in [1.54, 1.807) is 0 Å². The topological polar surface area (TPSA) is 21.8 Å². The third-order valence-electron chi connectivity index (χ3n) is 2.32. The maximum Gasteiger partial charge on any atom is 0.145 e. The monoisotopic (exact) mass is 204 g/mol. The summed E-state index contributed by atoms with van der Waals surface area (Å²) in [6.45, 7) is 2.17. The fraction of sp³-hybridized carbons (Fsp3) is 1.00. The first-order valence-electron chi connectivity index (χ1n) is 5.03. The van der Waals surface area contributed by atoms with Crippen LogP contribution in [0, 0.1) is 0 Å². The third kappa shape index (κ3) is 3.84. The SMILES string of the molecule is C1CCC2OC2C1.CC[SiH2]O[SiH3]. The molecule has 1 aliphatic heterocycles. The number of hydrogen-bond donors (Lipinski definition) is 0. The summed E-state index contributed by atoms with van der Waals surface area (Å²) < 4.78 is 10.2. The van der Waals surface area contributed by atoms with Crippen molar-refractivity contribution in [3.63, 3.8) is 0 Å². The number of ether oxygens (including phenoxy) is 1. The molecule has 72 valence electrons. The standard InChI is InChI=1S/C6H10O.C2H10OSi2/c1-2-4-6-5(3-1)7-6;1-2-5-3-4/h5-6H,1-4H2;2,5H2,1,4H3. The number of epoxide rings is 1. The maximum absolute atomic E-state index is 5.28. The van der Waals surface area contributed by atoms with Crippen molar-refractivity contribution in [2.24, 2.45) is 0 Å². The second kappa shape index (κ2) is 5.91. The molecule has 2 rings (SSSR count). The van der Waals surface area contributed by atoms with E-state index in [1.165, 1.54) is 31.7 Å². The van der Waals surface area contributed by atoms with E-state index >= 15 is 0 Å². The molecule has 1 aliphatic carbocycles. The summed E-state index contributed by atoms with van der Waals surface area (Å²) in [6, 6.07) is 1.30. The van der Waals surface area contributed by atoms with Crippen LogP contribution in [-0.2, 0) is 8.85 Å². The Morgan fingerprint density at radius 3 is 2.25 bits per heavy atom. The van der Waals surface area contributed by atoms with Crippen molar-refractivity contribution in [1.29, 1.82) is 0 Å². The van der Waals surface area contributed by atoms with Gasteiger partial charge in [-0.1, -0.05) is 19.8 Å². The Bertz CT molecular complexity index is 110. The van der Waals surface area contributed by atoms with Crippen LogP contribution >= 0.6 is 0 Å². The van der Waals surface area contributed by atoms with Crippen LogP contribution in [0.1, 0.15) is 32.6 Å². The molecule has 2 fully saturated rings. The summed E-state index contributed by atoms with van der Waals surface area (Å²) >= 11 is 0. The predicted octanol–water partition coefficient (Wildman–Crippen LogP) is 0.133. The van der Waals surface area contributed by atoms with E-state index in [2.05, 4.69) is 6.92 Å². The van der Waals surface area contributed by atoms with Crippen molar-refractivity contribution in [2.45, 2.75) is 50.9 Å². The number of rotatable bonds is 2. The molecule has 0 aromatic carbocycles.